The van der Waals surface area contributed by atoms with E-state index >= 15 is 0 Å². The van der Waals surface area contributed by atoms with Gasteiger partial charge in [-0.1, -0.05) is 11.3 Å². The zero-order valence-corrected chi connectivity index (χ0v) is 11.8. The Labute approximate surface area is 114 Å². The van der Waals surface area contributed by atoms with Crippen molar-refractivity contribution in [2.45, 2.75) is 25.3 Å². The highest BCUT2D eigenvalue weighted by atomic mass is 32.1. The smallest absolute Gasteiger partial charge is 0.186 e. The van der Waals surface area contributed by atoms with Gasteiger partial charge < -0.3 is 4.90 Å². The number of thiazole rings is 1. The molecule has 0 unspecified atom stereocenters. The van der Waals surface area contributed by atoms with Crippen LogP contribution in [0.1, 0.15) is 39.7 Å². The number of hydrogen-bond acceptors (Lipinski definition) is 5. The number of anilines is 1. The molecule has 2 aromatic heterocycles. The molecule has 18 heavy (non-hydrogen) atoms. The van der Waals surface area contributed by atoms with E-state index in [-0.39, 0.29) is 0 Å². The largest absolute Gasteiger partial charge is 0.347 e. The van der Waals surface area contributed by atoms with Crippen molar-refractivity contribution in [1.29, 1.82) is 0 Å². The van der Waals surface area contributed by atoms with E-state index in [1.165, 1.54) is 29.7 Å². The Kier molecular flexibility index (Phi) is 3.18. The Morgan fingerprint density at radius 2 is 2.39 bits per heavy atom. The predicted octanol–water partition coefficient (Wildman–Crippen LogP) is 3.53. The van der Waals surface area contributed by atoms with Gasteiger partial charge in [0.2, 0.25) is 0 Å². The lowest BCUT2D eigenvalue weighted by Crippen LogP contribution is -2.15. The van der Waals surface area contributed by atoms with Crippen LogP contribution < -0.4 is 4.90 Å². The number of carbonyl (C=O) groups excluding carboxylic acids is 1. The Bertz CT molecular complexity index is 543. The third kappa shape index (κ3) is 2.33. The summed E-state index contributed by atoms with van der Waals surface area (Å²) in [5, 5.41) is 5.18. The van der Waals surface area contributed by atoms with E-state index < -0.39 is 0 Å². The SMILES string of the molecule is CN(Cc1ccsc1)c1nc(C2CC2)c(C=O)s1. The molecule has 0 amide bonds. The van der Waals surface area contributed by atoms with Gasteiger partial charge in [0.05, 0.1) is 10.6 Å². The lowest BCUT2D eigenvalue weighted by atomic mass is 10.3. The van der Waals surface area contributed by atoms with Crippen molar-refractivity contribution in [3.63, 3.8) is 0 Å². The zero-order valence-electron chi connectivity index (χ0n) is 10.1. The van der Waals surface area contributed by atoms with Crippen LogP contribution in [0, 0.1) is 0 Å². The van der Waals surface area contributed by atoms with E-state index in [9.17, 15) is 4.79 Å². The summed E-state index contributed by atoms with van der Waals surface area (Å²) in [5.74, 6) is 0.532. The van der Waals surface area contributed by atoms with Gasteiger partial charge in [-0.2, -0.15) is 11.3 Å². The second-order valence-electron chi connectivity index (χ2n) is 4.63. The van der Waals surface area contributed by atoms with Crippen LogP contribution in [0.4, 0.5) is 5.13 Å². The standard InChI is InChI=1S/C13H14N2OS2/c1-15(6-9-4-5-17-8-9)13-14-12(10-2-3-10)11(7-16)18-13/h4-5,7-8,10H,2-3,6H2,1H3. The first-order valence-corrected chi connectivity index (χ1v) is 7.72. The molecular weight excluding hydrogens is 264 g/mol. The summed E-state index contributed by atoms with van der Waals surface area (Å²) in [5.41, 5.74) is 2.31. The highest BCUT2D eigenvalue weighted by molar-refractivity contribution is 7.17. The molecule has 0 aromatic carbocycles. The van der Waals surface area contributed by atoms with Crippen LogP contribution in [0.3, 0.4) is 0 Å². The molecule has 0 aliphatic heterocycles. The topological polar surface area (TPSA) is 33.2 Å². The lowest BCUT2D eigenvalue weighted by molar-refractivity contribution is 0.112. The average Bonchev–Trinajstić information content (AvgIpc) is 2.92. The lowest BCUT2D eigenvalue weighted by Gasteiger charge is -2.14. The van der Waals surface area contributed by atoms with Crippen molar-refractivity contribution in [2.75, 3.05) is 11.9 Å². The van der Waals surface area contributed by atoms with Crippen LogP contribution in [0.25, 0.3) is 0 Å². The first-order valence-electron chi connectivity index (χ1n) is 5.96. The minimum absolute atomic E-state index is 0.532. The minimum Gasteiger partial charge on any atom is -0.347 e. The van der Waals surface area contributed by atoms with Crippen molar-refractivity contribution in [3.05, 3.63) is 33.0 Å². The van der Waals surface area contributed by atoms with E-state index in [0.29, 0.717) is 5.92 Å². The van der Waals surface area contributed by atoms with Crippen LogP contribution in [-0.2, 0) is 6.54 Å². The number of hydrogen-bond donors (Lipinski definition) is 0. The molecule has 0 N–H and O–H groups in total. The van der Waals surface area contributed by atoms with Crippen molar-refractivity contribution in [3.8, 4) is 0 Å². The van der Waals surface area contributed by atoms with Gasteiger partial charge in [-0.3, -0.25) is 4.79 Å². The third-order valence-corrected chi connectivity index (χ3v) is 4.91. The molecule has 0 radical (unpaired) electrons. The Hall–Kier alpha value is -1.20. The van der Waals surface area contributed by atoms with Gasteiger partial charge in [-0.15, -0.1) is 0 Å². The summed E-state index contributed by atoms with van der Waals surface area (Å²) >= 11 is 3.21. The maximum Gasteiger partial charge on any atom is 0.186 e. The fraction of sp³-hybridized carbons (Fsp3) is 0.385. The Balaban J connectivity index is 1.80. The zero-order chi connectivity index (χ0) is 12.5. The Morgan fingerprint density at radius 1 is 1.56 bits per heavy atom. The molecular formula is C13H14N2OS2. The summed E-state index contributed by atoms with van der Waals surface area (Å²) in [4.78, 5) is 18.6. The number of aldehydes is 1. The molecule has 1 aliphatic rings. The fourth-order valence-corrected chi connectivity index (χ4v) is 3.54. The van der Waals surface area contributed by atoms with Gasteiger partial charge in [-0.25, -0.2) is 4.98 Å². The molecule has 0 saturated heterocycles. The van der Waals surface area contributed by atoms with Gasteiger partial charge in [0, 0.05) is 19.5 Å². The summed E-state index contributed by atoms with van der Waals surface area (Å²) in [6.07, 6.45) is 3.31. The molecule has 0 bridgehead atoms. The second-order valence-corrected chi connectivity index (χ2v) is 6.41. The third-order valence-electron chi connectivity index (χ3n) is 3.07. The van der Waals surface area contributed by atoms with Crippen molar-refractivity contribution < 1.29 is 4.79 Å². The van der Waals surface area contributed by atoms with Crippen LogP contribution in [0.5, 0.6) is 0 Å². The van der Waals surface area contributed by atoms with E-state index in [4.69, 9.17) is 0 Å². The summed E-state index contributed by atoms with van der Waals surface area (Å²) in [6.45, 7) is 0.847. The van der Waals surface area contributed by atoms with Gasteiger partial charge >= 0.3 is 0 Å². The van der Waals surface area contributed by atoms with Gasteiger partial charge in [0.25, 0.3) is 0 Å². The van der Waals surface area contributed by atoms with Gasteiger partial charge in [0.1, 0.15) is 0 Å². The van der Waals surface area contributed by atoms with E-state index in [2.05, 4.69) is 26.7 Å². The molecule has 1 saturated carbocycles. The van der Waals surface area contributed by atoms with Crippen LogP contribution in [0.15, 0.2) is 16.8 Å². The molecule has 0 atom stereocenters. The van der Waals surface area contributed by atoms with Crippen LogP contribution in [-0.4, -0.2) is 18.3 Å². The minimum atomic E-state index is 0.532. The Morgan fingerprint density at radius 3 is 3.00 bits per heavy atom. The number of nitrogens with zero attached hydrogens (tertiary/aromatic N) is 2. The monoisotopic (exact) mass is 278 g/mol. The summed E-state index contributed by atoms with van der Waals surface area (Å²) in [6, 6.07) is 2.12. The normalized spacial score (nSPS) is 14.7. The van der Waals surface area contributed by atoms with E-state index in [1.54, 1.807) is 11.3 Å². The highest BCUT2D eigenvalue weighted by Crippen LogP contribution is 2.43. The molecule has 2 aromatic rings. The quantitative estimate of drug-likeness (QED) is 0.784. The van der Waals surface area contributed by atoms with Gasteiger partial charge in [0.15, 0.2) is 11.4 Å². The predicted molar refractivity (Wildman–Crippen MR) is 75.9 cm³/mol. The van der Waals surface area contributed by atoms with Crippen molar-refractivity contribution in [1.82, 2.24) is 4.98 Å². The van der Waals surface area contributed by atoms with Crippen LogP contribution >= 0.6 is 22.7 Å². The highest BCUT2D eigenvalue weighted by Gasteiger charge is 2.30. The van der Waals surface area contributed by atoms with Gasteiger partial charge in [-0.05, 0) is 35.2 Å². The number of rotatable bonds is 5. The molecule has 3 rings (SSSR count). The molecule has 1 fully saturated rings. The van der Waals surface area contributed by atoms with E-state index in [0.717, 1.165) is 28.5 Å². The molecule has 94 valence electrons. The molecule has 0 spiro atoms. The molecule has 3 nitrogen and oxygen atoms in total. The summed E-state index contributed by atoms with van der Waals surface area (Å²) in [7, 11) is 2.03. The fourth-order valence-electron chi connectivity index (χ4n) is 1.95. The maximum atomic E-state index is 11.1. The maximum absolute atomic E-state index is 11.1. The number of carbonyl (C=O) groups is 1. The van der Waals surface area contributed by atoms with Crippen molar-refractivity contribution >= 4 is 34.1 Å². The second kappa shape index (κ2) is 4.82. The molecule has 5 heteroatoms. The number of aromatic nitrogens is 1. The first kappa shape index (κ1) is 11.9. The van der Waals surface area contributed by atoms with Crippen LogP contribution in [0.2, 0.25) is 0 Å². The number of thiophene rings is 1. The first-order chi connectivity index (χ1) is 8.78. The van der Waals surface area contributed by atoms with E-state index in [1.807, 2.05) is 7.05 Å². The average molecular weight is 278 g/mol. The molecule has 1 aliphatic carbocycles. The summed E-state index contributed by atoms with van der Waals surface area (Å²) < 4.78 is 0. The van der Waals surface area contributed by atoms with Crippen molar-refractivity contribution in [2.24, 2.45) is 0 Å². The molecule has 2 heterocycles.